The summed E-state index contributed by atoms with van der Waals surface area (Å²) in [6.07, 6.45) is 1.47. The number of halogens is 2. The van der Waals surface area contributed by atoms with Gasteiger partial charge in [-0.05, 0) is 40.5 Å². The normalized spacial score (nSPS) is 11.0. The van der Waals surface area contributed by atoms with Gasteiger partial charge in [-0.3, -0.25) is 4.79 Å². The van der Waals surface area contributed by atoms with E-state index >= 15 is 0 Å². The van der Waals surface area contributed by atoms with E-state index in [1.54, 1.807) is 6.07 Å². The number of carbonyl (C=O) groups excluding carboxylic acids is 1. The summed E-state index contributed by atoms with van der Waals surface area (Å²) in [6.45, 7) is 1.84. The first-order valence-electron chi connectivity index (χ1n) is 6.44. The number of carbonyl (C=O) groups is 1. The third kappa shape index (κ3) is 5.51. The molecule has 0 aliphatic heterocycles. The number of nitrogens with one attached hydrogen (secondary N) is 1. The molecule has 4 nitrogen and oxygen atoms in total. The van der Waals surface area contributed by atoms with Gasteiger partial charge < -0.3 is 4.42 Å². The fourth-order valence-corrected chi connectivity index (χ4v) is 2.92. The van der Waals surface area contributed by atoms with Gasteiger partial charge in [0, 0.05) is 16.8 Å². The van der Waals surface area contributed by atoms with Gasteiger partial charge in [0.2, 0.25) is 5.91 Å². The number of hydrogen-bond donors (Lipinski definition) is 1. The van der Waals surface area contributed by atoms with E-state index in [0.29, 0.717) is 16.5 Å². The number of aryl methyl sites for hydroxylation is 1. The molecular formula is C15H14BrClN2O2S. The molecule has 0 bridgehead atoms. The Morgan fingerprint density at radius 2 is 2.32 bits per heavy atom. The van der Waals surface area contributed by atoms with Gasteiger partial charge in [-0.1, -0.05) is 23.7 Å². The minimum Gasteiger partial charge on any atom is -0.459 e. The Kier molecular flexibility index (Phi) is 6.54. The molecule has 2 rings (SSSR count). The van der Waals surface area contributed by atoms with Gasteiger partial charge in [-0.2, -0.15) is 5.10 Å². The topological polar surface area (TPSA) is 54.6 Å². The molecule has 7 heteroatoms. The molecule has 0 atom stereocenters. The van der Waals surface area contributed by atoms with Gasteiger partial charge in [-0.25, -0.2) is 5.43 Å². The standard InChI is InChI=1S/C15H14BrClN2O2S/c1-10-14(16)6-13(21-10)7-18-19-15(20)9-22-8-11-3-2-4-12(17)5-11/h2-7H,8-9H2,1H3,(H,19,20)/b18-7-. The van der Waals surface area contributed by atoms with Gasteiger partial charge in [0.25, 0.3) is 0 Å². The molecule has 0 unspecified atom stereocenters. The molecule has 1 amide bonds. The molecule has 0 radical (unpaired) electrons. The minimum atomic E-state index is -0.161. The van der Waals surface area contributed by atoms with E-state index in [0.717, 1.165) is 21.5 Å². The van der Waals surface area contributed by atoms with Crippen LogP contribution in [-0.4, -0.2) is 17.9 Å². The Hall–Kier alpha value is -1.24. The van der Waals surface area contributed by atoms with Crippen molar-refractivity contribution in [2.45, 2.75) is 12.7 Å². The molecule has 1 aromatic carbocycles. The maximum absolute atomic E-state index is 11.7. The lowest BCUT2D eigenvalue weighted by molar-refractivity contribution is -0.118. The number of furan rings is 1. The molecule has 22 heavy (non-hydrogen) atoms. The fourth-order valence-electron chi connectivity index (χ4n) is 1.63. The zero-order valence-corrected chi connectivity index (χ0v) is 15.0. The highest BCUT2D eigenvalue weighted by Gasteiger charge is 2.03. The smallest absolute Gasteiger partial charge is 0.250 e. The predicted octanol–water partition coefficient (Wildman–Crippen LogP) is 4.39. The third-order valence-corrected chi connectivity index (χ3v) is 4.67. The zero-order chi connectivity index (χ0) is 15.9. The molecule has 0 fully saturated rings. The van der Waals surface area contributed by atoms with E-state index in [1.165, 1.54) is 18.0 Å². The third-order valence-electron chi connectivity index (χ3n) is 2.65. The summed E-state index contributed by atoms with van der Waals surface area (Å²) in [4.78, 5) is 11.7. The second-order valence-electron chi connectivity index (χ2n) is 4.47. The average molecular weight is 402 g/mol. The molecule has 116 valence electrons. The number of rotatable bonds is 6. The van der Waals surface area contributed by atoms with Gasteiger partial charge >= 0.3 is 0 Å². The number of nitrogens with zero attached hydrogens (tertiary/aromatic N) is 1. The van der Waals surface area contributed by atoms with Crippen LogP contribution in [0.25, 0.3) is 0 Å². The van der Waals surface area contributed by atoms with Gasteiger partial charge in [-0.15, -0.1) is 11.8 Å². The van der Waals surface area contributed by atoms with Gasteiger partial charge in [0.1, 0.15) is 11.5 Å². The highest BCUT2D eigenvalue weighted by atomic mass is 79.9. The molecule has 2 aromatic rings. The van der Waals surface area contributed by atoms with E-state index in [4.69, 9.17) is 16.0 Å². The summed E-state index contributed by atoms with van der Waals surface area (Å²) in [6, 6.07) is 9.38. The van der Waals surface area contributed by atoms with E-state index in [-0.39, 0.29) is 5.91 Å². The van der Waals surface area contributed by atoms with Crippen molar-refractivity contribution < 1.29 is 9.21 Å². The number of hydrogen-bond acceptors (Lipinski definition) is 4. The highest BCUT2D eigenvalue weighted by molar-refractivity contribution is 9.10. The lowest BCUT2D eigenvalue weighted by atomic mass is 10.2. The van der Waals surface area contributed by atoms with Crippen LogP contribution in [0.1, 0.15) is 17.1 Å². The van der Waals surface area contributed by atoms with Crippen molar-refractivity contribution in [1.29, 1.82) is 0 Å². The van der Waals surface area contributed by atoms with Crippen LogP contribution < -0.4 is 5.43 Å². The molecular weight excluding hydrogens is 388 g/mol. The van der Waals surface area contributed by atoms with Crippen LogP contribution in [0.3, 0.4) is 0 Å². The quantitative estimate of drug-likeness (QED) is 0.577. The summed E-state index contributed by atoms with van der Waals surface area (Å²) in [5.74, 6) is 2.24. The Bertz CT molecular complexity index is 668. The van der Waals surface area contributed by atoms with Crippen LogP contribution in [0.15, 0.2) is 44.3 Å². The average Bonchev–Trinajstić information content (AvgIpc) is 2.78. The lowest BCUT2D eigenvalue weighted by Gasteiger charge is -2.01. The molecule has 0 saturated carbocycles. The fraction of sp³-hybridized carbons (Fsp3) is 0.200. The SMILES string of the molecule is Cc1oc(/C=N\NC(=O)CSCc2cccc(Cl)c2)cc1Br. The number of amides is 1. The Labute approximate surface area is 146 Å². The van der Waals surface area contributed by atoms with Gasteiger partial charge in [0.05, 0.1) is 16.4 Å². The van der Waals surface area contributed by atoms with Gasteiger partial charge in [0.15, 0.2) is 0 Å². The van der Waals surface area contributed by atoms with E-state index in [2.05, 4.69) is 26.5 Å². The Balaban J connectivity index is 1.72. The summed E-state index contributed by atoms with van der Waals surface area (Å²) in [5, 5.41) is 4.56. The monoisotopic (exact) mass is 400 g/mol. The summed E-state index contributed by atoms with van der Waals surface area (Å²) >= 11 is 10.7. The second kappa shape index (κ2) is 8.41. The Morgan fingerprint density at radius 1 is 1.50 bits per heavy atom. The van der Waals surface area contributed by atoms with Crippen LogP contribution in [0.2, 0.25) is 5.02 Å². The summed E-state index contributed by atoms with van der Waals surface area (Å²) < 4.78 is 6.25. The van der Waals surface area contributed by atoms with Crippen molar-refractivity contribution in [1.82, 2.24) is 5.43 Å². The van der Waals surface area contributed by atoms with Crippen molar-refractivity contribution in [3.05, 3.63) is 56.9 Å². The molecule has 1 aromatic heterocycles. The van der Waals surface area contributed by atoms with Crippen LogP contribution in [0.5, 0.6) is 0 Å². The van der Waals surface area contributed by atoms with Crippen molar-refractivity contribution in [2.75, 3.05) is 5.75 Å². The van der Waals surface area contributed by atoms with Crippen molar-refractivity contribution in [3.63, 3.8) is 0 Å². The van der Waals surface area contributed by atoms with Crippen molar-refractivity contribution in [3.8, 4) is 0 Å². The molecule has 1 N–H and O–H groups in total. The molecule has 1 heterocycles. The zero-order valence-electron chi connectivity index (χ0n) is 11.8. The molecule has 0 aliphatic carbocycles. The van der Waals surface area contributed by atoms with Crippen LogP contribution in [0.4, 0.5) is 0 Å². The van der Waals surface area contributed by atoms with E-state index in [9.17, 15) is 4.79 Å². The maximum atomic E-state index is 11.7. The molecule has 0 spiro atoms. The largest absolute Gasteiger partial charge is 0.459 e. The first kappa shape index (κ1) is 17.1. The predicted molar refractivity (Wildman–Crippen MR) is 94.5 cm³/mol. The lowest BCUT2D eigenvalue weighted by Crippen LogP contribution is -2.19. The Morgan fingerprint density at radius 3 is 3.00 bits per heavy atom. The second-order valence-corrected chi connectivity index (χ2v) is 6.75. The number of hydrazone groups is 1. The first-order chi connectivity index (χ1) is 10.5. The maximum Gasteiger partial charge on any atom is 0.250 e. The number of thioether (sulfide) groups is 1. The summed E-state index contributed by atoms with van der Waals surface area (Å²) in [7, 11) is 0. The first-order valence-corrected chi connectivity index (χ1v) is 8.77. The van der Waals surface area contributed by atoms with Crippen molar-refractivity contribution >= 4 is 51.4 Å². The summed E-state index contributed by atoms with van der Waals surface area (Å²) in [5.41, 5.74) is 3.55. The van der Waals surface area contributed by atoms with Crippen LogP contribution in [-0.2, 0) is 10.5 Å². The van der Waals surface area contributed by atoms with E-state index < -0.39 is 0 Å². The van der Waals surface area contributed by atoms with Crippen LogP contribution >= 0.6 is 39.3 Å². The molecule has 0 aliphatic rings. The minimum absolute atomic E-state index is 0.161. The molecule has 0 saturated heterocycles. The highest BCUT2D eigenvalue weighted by Crippen LogP contribution is 2.19. The number of benzene rings is 1. The van der Waals surface area contributed by atoms with Crippen molar-refractivity contribution in [2.24, 2.45) is 5.10 Å². The van der Waals surface area contributed by atoms with Crippen LogP contribution in [0, 0.1) is 6.92 Å². The van der Waals surface area contributed by atoms with E-state index in [1.807, 2.05) is 31.2 Å².